The molecule has 0 unspecified atom stereocenters. The molecule has 3 heteroatoms. The van der Waals surface area contributed by atoms with E-state index >= 15 is 0 Å². The average Bonchev–Trinajstić information content (AvgIpc) is 2.17. The van der Waals surface area contributed by atoms with Crippen LogP contribution in [0.4, 0.5) is 0 Å². The third kappa shape index (κ3) is 1.07. The fraction of sp³-hybridized carbons (Fsp3) is 0.333. The average molecular weight is 162 g/mol. The highest BCUT2D eigenvalue weighted by Crippen LogP contribution is 2.16. The van der Waals surface area contributed by atoms with Crippen LogP contribution in [0.3, 0.4) is 0 Å². The van der Waals surface area contributed by atoms with Gasteiger partial charge < -0.3 is 5.32 Å². The predicted octanol–water partition coefficient (Wildman–Crippen LogP) is 0.443. The minimum absolute atomic E-state index is 0.583. The Morgan fingerprint density at radius 1 is 1.58 bits per heavy atom. The summed E-state index contributed by atoms with van der Waals surface area (Å²) in [4.78, 5) is 14.7. The SMILES string of the molecule is O=CC1=NCCC2=C1C=CCN2. The number of nitrogens with one attached hydrogen (secondary N) is 1. The third-order valence-corrected chi connectivity index (χ3v) is 2.07. The number of aliphatic imine (C=N–C) groups is 1. The number of hydrogen-bond donors (Lipinski definition) is 1. The van der Waals surface area contributed by atoms with Gasteiger partial charge in [-0.3, -0.25) is 9.79 Å². The summed E-state index contributed by atoms with van der Waals surface area (Å²) in [7, 11) is 0. The Kier molecular flexibility index (Phi) is 1.78. The van der Waals surface area contributed by atoms with E-state index in [0.29, 0.717) is 5.71 Å². The summed E-state index contributed by atoms with van der Waals surface area (Å²) in [6, 6.07) is 0. The summed E-state index contributed by atoms with van der Waals surface area (Å²) in [5.41, 5.74) is 2.72. The summed E-state index contributed by atoms with van der Waals surface area (Å²) in [6.45, 7) is 1.60. The molecule has 2 aliphatic heterocycles. The maximum absolute atomic E-state index is 10.6. The molecule has 2 aliphatic rings. The van der Waals surface area contributed by atoms with E-state index in [-0.39, 0.29) is 0 Å². The van der Waals surface area contributed by atoms with E-state index in [9.17, 15) is 4.79 Å². The van der Waals surface area contributed by atoms with Gasteiger partial charge >= 0.3 is 0 Å². The number of nitrogens with zero attached hydrogens (tertiary/aromatic N) is 1. The van der Waals surface area contributed by atoms with Crippen molar-refractivity contribution in [3.8, 4) is 0 Å². The molecule has 0 bridgehead atoms. The molecule has 62 valence electrons. The second kappa shape index (κ2) is 2.93. The van der Waals surface area contributed by atoms with E-state index < -0.39 is 0 Å². The molecular weight excluding hydrogens is 152 g/mol. The van der Waals surface area contributed by atoms with Gasteiger partial charge in [0, 0.05) is 30.8 Å². The minimum atomic E-state index is 0.583. The normalized spacial score (nSPS) is 21.2. The largest absolute Gasteiger partial charge is 0.384 e. The topological polar surface area (TPSA) is 41.5 Å². The number of carbonyl (C=O) groups is 1. The standard InChI is InChI=1S/C9H10N2O/c12-6-9-7-2-1-4-10-8(7)3-5-11-9/h1-2,6,10H,3-5H2. The summed E-state index contributed by atoms with van der Waals surface area (Å²) in [5.74, 6) is 0. The van der Waals surface area contributed by atoms with E-state index in [2.05, 4.69) is 10.3 Å². The molecule has 0 spiro atoms. The van der Waals surface area contributed by atoms with Crippen molar-refractivity contribution in [3.63, 3.8) is 0 Å². The zero-order valence-corrected chi connectivity index (χ0v) is 6.71. The van der Waals surface area contributed by atoms with Crippen LogP contribution in [-0.4, -0.2) is 25.1 Å². The van der Waals surface area contributed by atoms with Crippen LogP contribution in [0.2, 0.25) is 0 Å². The zero-order chi connectivity index (χ0) is 8.39. The van der Waals surface area contributed by atoms with Gasteiger partial charge in [-0.1, -0.05) is 12.2 Å². The van der Waals surface area contributed by atoms with Crippen molar-refractivity contribution in [1.82, 2.24) is 5.32 Å². The second-order valence-corrected chi connectivity index (χ2v) is 2.81. The zero-order valence-electron chi connectivity index (χ0n) is 6.71. The van der Waals surface area contributed by atoms with Crippen LogP contribution in [0.15, 0.2) is 28.4 Å². The van der Waals surface area contributed by atoms with Crippen molar-refractivity contribution < 1.29 is 4.79 Å². The molecule has 0 saturated heterocycles. The monoisotopic (exact) mass is 162 g/mol. The lowest BCUT2D eigenvalue weighted by Gasteiger charge is -2.20. The molecule has 0 aromatic heterocycles. The van der Waals surface area contributed by atoms with E-state index in [1.807, 2.05) is 12.2 Å². The van der Waals surface area contributed by atoms with Crippen molar-refractivity contribution >= 4 is 12.0 Å². The molecule has 12 heavy (non-hydrogen) atoms. The van der Waals surface area contributed by atoms with Gasteiger partial charge in [0.15, 0.2) is 6.29 Å². The highest BCUT2D eigenvalue weighted by Gasteiger charge is 2.15. The quantitative estimate of drug-likeness (QED) is 0.568. The number of dihydropyridines is 2. The first-order valence-corrected chi connectivity index (χ1v) is 4.05. The van der Waals surface area contributed by atoms with Crippen LogP contribution in [0.25, 0.3) is 0 Å². The van der Waals surface area contributed by atoms with Gasteiger partial charge in [-0.2, -0.15) is 0 Å². The Balaban J connectivity index is 2.39. The Morgan fingerprint density at radius 3 is 3.33 bits per heavy atom. The fourth-order valence-corrected chi connectivity index (χ4v) is 1.49. The molecule has 0 saturated carbocycles. The lowest BCUT2D eigenvalue weighted by atomic mass is 10.0. The Labute approximate surface area is 70.9 Å². The Bertz CT molecular complexity index is 296. The molecule has 2 heterocycles. The molecule has 0 amide bonds. The number of carbonyl (C=O) groups excluding carboxylic acids is 1. The third-order valence-electron chi connectivity index (χ3n) is 2.07. The Hall–Kier alpha value is -1.38. The van der Waals surface area contributed by atoms with Crippen LogP contribution in [0.1, 0.15) is 6.42 Å². The molecule has 0 radical (unpaired) electrons. The van der Waals surface area contributed by atoms with E-state index in [1.165, 1.54) is 0 Å². The van der Waals surface area contributed by atoms with Gasteiger partial charge in [-0.15, -0.1) is 0 Å². The summed E-state index contributed by atoms with van der Waals surface area (Å²) >= 11 is 0. The smallest absolute Gasteiger partial charge is 0.168 e. The van der Waals surface area contributed by atoms with Crippen molar-refractivity contribution in [1.29, 1.82) is 0 Å². The molecule has 0 atom stereocenters. The maximum atomic E-state index is 10.6. The van der Waals surface area contributed by atoms with Crippen molar-refractivity contribution in [3.05, 3.63) is 23.4 Å². The van der Waals surface area contributed by atoms with Crippen LogP contribution in [-0.2, 0) is 4.79 Å². The van der Waals surface area contributed by atoms with Gasteiger partial charge in [0.05, 0.1) is 0 Å². The summed E-state index contributed by atoms with van der Waals surface area (Å²) in [5, 5.41) is 3.24. The van der Waals surface area contributed by atoms with Crippen LogP contribution in [0, 0.1) is 0 Å². The number of aldehydes is 1. The molecule has 0 aromatic rings. The molecule has 3 nitrogen and oxygen atoms in total. The number of hydrogen-bond acceptors (Lipinski definition) is 3. The first-order chi connectivity index (χ1) is 5.92. The highest BCUT2D eigenvalue weighted by molar-refractivity contribution is 6.37. The van der Waals surface area contributed by atoms with Crippen molar-refractivity contribution in [2.45, 2.75) is 6.42 Å². The molecule has 0 fully saturated rings. The summed E-state index contributed by atoms with van der Waals surface area (Å²) < 4.78 is 0. The van der Waals surface area contributed by atoms with Crippen molar-refractivity contribution in [2.24, 2.45) is 4.99 Å². The lowest BCUT2D eigenvalue weighted by molar-refractivity contribution is -0.102. The number of allylic oxidation sites excluding steroid dienone is 2. The minimum Gasteiger partial charge on any atom is -0.384 e. The molecule has 2 rings (SSSR count). The lowest BCUT2D eigenvalue weighted by Crippen LogP contribution is -2.25. The van der Waals surface area contributed by atoms with Gasteiger partial charge in [-0.05, 0) is 0 Å². The van der Waals surface area contributed by atoms with Gasteiger partial charge in [0.2, 0.25) is 0 Å². The second-order valence-electron chi connectivity index (χ2n) is 2.81. The van der Waals surface area contributed by atoms with Crippen LogP contribution >= 0.6 is 0 Å². The molecular formula is C9H10N2O. The number of rotatable bonds is 1. The van der Waals surface area contributed by atoms with Crippen LogP contribution < -0.4 is 5.32 Å². The molecule has 0 aliphatic carbocycles. The van der Waals surface area contributed by atoms with Crippen LogP contribution in [0.5, 0.6) is 0 Å². The molecule has 0 aromatic carbocycles. The van der Waals surface area contributed by atoms with Gasteiger partial charge in [-0.25, -0.2) is 0 Å². The van der Waals surface area contributed by atoms with E-state index in [0.717, 1.165) is 37.1 Å². The summed E-state index contributed by atoms with van der Waals surface area (Å²) in [6.07, 6.45) is 5.73. The Morgan fingerprint density at radius 2 is 2.50 bits per heavy atom. The van der Waals surface area contributed by atoms with Gasteiger partial charge in [0.1, 0.15) is 5.71 Å². The van der Waals surface area contributed by atoms with E-state index in [1.54, 1.807) is 0 Å². The fourth-order valence-electron chi connectivity index (χ4n) is 1.49. The van der Waals surface area contributed by atoms with Crippen molar-refractivity contribution in [2.75, 3.05) is 13.1 Å². The first kappa shape index (κ1) is 7.28. The highest BCUT2D eigenvalue weighted by atomic mass is 16.1. The van der Waals surface area contributed by atoms with E-state index in [4.69, 9.17) is 0 Å². The predicted molar refractivity (Wildman–Crippen MR) is 47.2 cm³/mol. The maximum Gasteiger partial charge on any atom is 0.168 e. The molecule has 1 N–H and O–H groups in total. The van der Waals surface area contributed by atoms with Gasteiger partial charge in [0.25, 0.3) is 0 Å². The first-order valence-electron chi connectivity index (χ1n) is 4.05.